The highest BCUT2D eigenvalue weighted by atomic mass is 15.6. The van der Waals surface area contributed by atoms with Gasteiger partial charge >= 0.3 is 0 Å². The molecule has 3 heteroatoms. The van der Waals surface area contributed by atoms with Gasteiger partial charge in [-0.2, -0.15) is 10.4 Å². The van der Waals surface area contributed by atoms with Crippen LogP contribution in [0.15, 0.2) is 54.5 Å². The number of nitrogens with two attached hydrogens (primary N) is 2. The average molecular weight is 188 g/mol. The Morgan fingerprint density at radius 3 is 2.43 bits per heavy atom. The van der Waals surface area contributed by atoms with Crippen molar-refractivity contribution in [2.24, 2.45) is 11.6 Å². The number of hydrogen-bond acceptors (Lipinski definition) is 2. The van der Waals surface area contributed by atoms with E-state index in [0.29, 0.717) is 0 Å². The molecule has 0 radical (unpaired) electrons. The van der Waals surface area contributed by atoms with Crippen LogP contribution in [0, 0.1) is 0 Å². The van der Waals surface area contributed by atoms with E-state index in [9.17, 15) is 0 Å². The summed E-state index contributed by atoms with van der Waals surface area (Å²) in [7, 11) is 0. The summed E-state index contributed by atoms with van der Waals surface area (Å²) < 4.78 is 0.260. The molecule has 2 rings (SSSR count). The van der Waals surface area contributed by atoms with Gasteiger partial charge in [0.15, 0.2) is 0 Å². The lowest BCUT2D eigenvalue weighted by Gasteiger charge is -2.21. The van der Waals surface area contributed by atoms with Gasteiger partial charge in [0.2, 0.25) is 0 Å². The smallest absolute Gasteiger partial charge is 0.143 e. The fourth-order valence-corrected chi connectivity index (χ4v) is 1.59. The Balaban J connectivity index is 2.17. The maximum Gasteiger partial charge on any atom is 0.143 e. The molecule has 0 aromatic heterocycles. The number of hydrogen-bond donors (Lipinski definition) is 2. The van der Waals surface area contributed by atoms with Crippen molar-refractivity contribution in [2.45, 2.75) is 6.54 Å². The molecule has 0 saturated heterocycles. The molecule has 0 saturated carbocycles. The molecule has 0 spiro atoms. The molecule has 4 N–H and O–H groups in total. The standard InChI is InChI=1S/C11H14N3/c12-11-6-7-14(13,9-11)8-10-4-2-1-3-5-10/h1-7,9H,8,12-13H2/q+1. The van der Waals surface area contributed by atoms with Crippen molar-refractivity contribution in [1.82, 2.24) is 0 Å². The van der Waals surface area contributed by atoms with Crippen molar-refractivity contribution >= 4 is 0 Å². The Kier molecular flexibility index (Phi) is 2.11. The topological polar surface area (TPSA) is 52.0 Å². The molecule has 1 atom stereocenters. The summed E-state index contributed by atoms with van der Waals surface area (Å²) in [6.07, 6.45) is 5.57. The third-order valence-electron chi connectivity index (χ3n) is 2.23. The summed E-state index contributed by atoms with van der Waals surface area (Å²) in [6.45, 7) is 0.734. The van der Waals surface area contributed by atoms with Crippen LogP contribution in [0.3, 0.4) is 0 Å². The molecule has 0 aliphatic carbocycles. The molecule has 14 heavy (non-hydrogen) atoms. The van der Waals surface area contributed by atoms with E-state index >= 15 is 0 Å². The fraction of sp³-hybridized carbons (Fsp3) is 0.0909. The SMILES string of the molecule is NC1=C[N+](N)(Cc2ccccc2)C=C1. The molecule has 1 aliphatic heterocycles. The number of nitrogens with zero attached hydrogens (tertiary/aromatic N) is 1. The predicted molar refractivity (Wildman–Crippen MR) is 56.0 cm³/mol. The summed E-state index contributed by atoms with van der Waals surface area (Å²) in [5.74, 6) is 6.08. The first-order valence-electron chi connectivity index (χ1n) is 4.55. The third-order valence-corrected chi connectivity index (χ3v) is 2.23. The van der Waals surface area contributed by atoms with Gasteiger partial charge in [-0.3, -0.25) is 0 Å². The first-order chi connectivity index (χ1) is 6.68. The normalized spacial score (nSPS) is 25.1. The lowest BCUT2D eigenvalue weighted by molar-refractivity contribution is -0.852. The van der Waals surface area contributed by atoms with Crippen molar-refractivity contribution in [3.05, 3.63) is 60.1 Å². The van der Waals surface area contributed by atoms with Gasteiger partial charge in [0.1, 0.15) is 18.9 Å². The molecular weight excluding hydrogens is 174 g/mol. The summed E-state index contributed by atoms with van der Waals surface area (Å²) in [5.41, 5.74) is 7.57. The molecule has 1 heterocycles. The number of benzene rings is 1. The van der Waals surface area contributed by atoms with Gasteiger partial charge in [0.25, 0.3) is 0 Å². The highest BCUT2D eigenvalue weighted by molar-refractivity contribution is 5.18. The van der Waals surface area contributed by atoms with Gasteiger partial charge < -0.3 is 5.73 Å². The van der Waals surface area contributed by atoms with Crippen LogP contribution in [0.1, 0.15) is 5.56 Å². The number of allylic oxidation sites excluding steroid dienone is 1. The molecule has 72 valence electrons. The number of rotatable bonds is 2. The van der Waals surface area contributed by atoms with E-state index in [2.05, 4.69) is 12.1 Å². The second kappa shape index (κ2) is 3.29. The fourth-order valence-electron chi connectivity index (χ4n) is 1.59. The van der Waals surface area contributed by atoms with Crippen LogP contribution in [-0.2, 0) is 6.54 Å². The third kappa shape index (κ3) is 1.84. The summed E-state index contributed by atoms with van der Waals surface area (Å²) in [5, 5.41) is 0. The lowest BCUT2D eigenvalue weighted by atomic mass is 10.2. The van der Waals surface area contributed by atoms with E-state index in [1.165, 1.54) is 5.56 Å². The van der Waals surface area contributed by atoms with Crippen LogP contribution < -0.4 is 11.6 Å². The minimum absolute atomic E-state index is 0.260. The average Bonchev–Trinajstić information content (AvgIpc) is 2.47. The van der Waals surface area contributed by atoms with Gasteiger partial charge in [0, 0.05) is 11.6 Å². The monoisotopic (exact) mass is 188 g/mol. The second-order valence-corrected chi connectivity index (χ2v) is 3.58. The highest BCUT2D eigenvalue weighted by Crippen LogP contribution is 2.16. The van der Waals surface area contributed by atoms with E-state index in [1.807, 2.05) is 36.7 Å². The summed E-state index contributed by atoms with van der Waals surface area (Å²) >= 11 is 0. The molecule has 0 amide bonds. The van der Waals surface area contributed by atoms with Crippen LogP contribution >= 0.6 is 0 Å². The Bertz CT molecular complexity index is 381. The maximum atomic E-state index is 6.08. The Hall–Kier alpha value is -1.58. The van der Waals surface area contributed by atoms with Crippen LogP contribution in [0.4, 0.5) is 0 Å². The van der Waals surface area contributed by atoms with Gasteiger partial charge in [-0.05, 0) is 0 Å². The van der Waals surface area contributed by atoms with Gasteiger partial charge in [-0.1, -0.05) is 30.3 Å². The van der Waals surface area contributed by atoms with Gasteiger partial charge in [0.05, 0.1) is 5.70 Å². The van der Waals surface area contributed by atoms with E-state index in [4.69, 9.17) is 11.6 Å². The van der Waals surface area contributed by atoms with Crippen molar-refractivity contribution in [3.63, 3.8) is 0 Å². The Morgan fingerprint density at radius 1 is 1.14 bits per heavy atom. The predicted octanol–water partition coefficient (Wildman–Crippen LogP) is 1.20. The van der Waals surface area contributed by atoms with Gasteiger partial charge in [-0.15, -0.1) is 0 Å². The van der Waals surface area contributed by atoms with Crippen LogP contribution in [-0.4, -0.2) is 4.59 Å². The minimum atomic E-state index is 0.260. The summed E-state index contributed by atoms with van der Waals surface area (Å²) in [4.78, 5) is 0. The molecule has 1 aromatic carbocycles. The maximum absolute atomic E-state index is 6.08. The van der Waals surface area contributed by atoms with E-state index < -0.39 is 0 Å². The zero-order valence-corrected chi connectivity index (χ0v) is 7.93. The van der Waals surface area contributed by atoms with Crippen molar-refractivity contribution < 1.29 is 4.59 Å². The van der Waals surface area contributed by atoms with Crippen LogP contribution in [0.2, 0.25) is 0 Å². The van der Waals surface area contributed by atoms with Crippen LogP contribution in [0.5, 0.6) is 0 Å². The highest BCUT2D eigenvalue weighted by Gasteiger charge is 2.22. The van der Waals surface area contributed by atoms with Crippen LogP contribution in [0.25, 0.3) is 0 Å². The molecule has 0 fully saturated rings. The quantitative estimate of drug-likeness (QED) is 0.541. The molecule has 0 bridgehead atoms. The molecule has 3 nitrogen and oxygen atoms in total. The summed E-state index contributed by atoms with van der Waals surface area (Å²) in [6, 6.07) is 10.1. The minimum Gasteiger partial charge on any atom is -0.394 e. The lowest BCUT2D eigenvalue weighted by Crippen LogP contribution is -2.42. The van der Waals surface area contributed by atoms with E-state index in [0.717, 1.165) is 12.2 Å². The molecule has 1 aliphatic rings. The first kappa shape index (κ1) is 8.99. The van der Waals surface area contributed by atoms with Crippen molar-refractivity contribution in [3.8, 4) is 0 Å². The van der Waals surface area contributed by atoms with Crippen molar-refractivity contribution in [2.75, 3.05) is 0 Å². The zero-order chi connectivity index (χ0) is 10.0. The first-order valence-corrected chi connectivity index (χ1v) is 4.55. The molecule has 1 unspecified atom stereocenters. The second-order valence-electron chi connectivity index (χ2n) is 3.58. The van der Waals surface area contributed by atoms with E-state index in [-0.39, 0.29) is 4.59 Å². The molecular formula is C11H14N3+. The Labute approximate surface area is 83.5 Å². The molecule has 1 aromatic rings. The van der Waals surface area contributed by atoms with E-state index in [1.54, 1.807) is 0 Å². The Morgan fingerprint density at radius 2 is 1.86 bits per heavy atom. The number of quaternary nitrogens is 1. The zero-order valence-electron chi connectivity index (χ0n) is 7.93. The van der Waals surface area contributed by atoms with Crippen molar-refractivity contribution in [1.29, 1.82) is 0 Å². The largest absolute Gasteiger partial charge is 0.394 e. The van der Waals surface area contributed by atoms with Gasteiger partial charge in [-0.25, -0.2) is 0 Å².